The lowest BCUT2D eigenvalue weighted by atomic mass is 10.2. The first-order valence-corrected chi connectivity index (χ1v) is 5.22. The number of hydrogen-bond acceptors (Lipinski definition) is 3. The standard InChI is InChI=1S/C12H17FN2O2/c1-12(2,3)17-11(16)15(4)10-7-8(13)5-6-9(10)14/h5-7H,14H2,1-4H3. The second-order valence-corrected chi connectivity index (χ2v) is 4.74. The molecule has 17 heavy (non-hydrogen) atoms. The van der Waals surface area contributed by atoms with E-state index in [-0.39, 0.29) is 0 Å². The lowest BCUT2D eigenvalue weighted by Crippen LogP contribution is -2.34. The summed E-state index contributed by atoms with van der Waals surface area (Å²) in [5, 5.41) is 0. The van der Waals surface area contributed by atoms with Crippen LogP contribution in [0.1, 0.15) is 20.8 Å². The molecule has 0 radical (unpaired) electrons. The van der Waals surface area contributed by atoms with Gasteiger partial charge in [-0.3, -0.25) is 4.90 Å². The van der Waals surface area contributed by atoms with Gasteiger partial charge in [0.2, 0.25) is 0 Å². The molecule has 0 aliphatic rings. The van der Waals surface area contributed by atoms with E-state index in [1.807, 2.05) is 0 Å². The van der Waals surface area contributed by atoms with E-state index in [0.717, 1.165) is 0 Å². The minimum absolute atomic E-state index is 0.291. The van der Waals surface area contributed by atoms with E-state index in [0.29, 0.717) is 11.4 Å². The van der Waals surface area contributed by atoms with Crippen LogP contribution in [-0.4, -0.2) is 18.7 Å². The molecule has 0 fully saturated rings. The van der Waals surface area contributed by atoms with Crippen LogP contribution in [0.25, 0.3) is 0 Å². The molecule has 0 spiro atoms. The minimum atomic E-state index is -0.604. The molecule has 2 N–H and O–H groups in total. The Balaban J connectivity index is 2.92. The summed E-state index contributed by atoms with van der Waals surface area (Å²) in [6.45, 7) is 5.27. The second-order valence-electron chi connectivity index (χ2n) is 4.74. The summed E-state index contributed by atoms with van der Waals surface area (Å²) in [4.78, 5) is 12.9. The van der Waals surface area contributed by atoms with Crippen molar-refractivity contribution in [2.24, 2.45) is 0 Å². The van der Waals surface area contributed by atoms with Crippen LogP contribution in [-0.2, 0) is 4.74 Å². The molecule has 0 bridgehead atoms. The molecule has 0 saturated carbocycles. The summed E-state index contributed by atoms with van der Waals surface area (Å²) < 4.78 is 18.2. The summed E-state index contributed by atoms with van der Waals surface area (Å²) in [5.74, 6) is -0.454. The van der Waals surface area contributed by atoms with Crippen LogP contribution in [0.15, 0.2) is 18.2 Å². The van der Waals surface area contributed by atoms with Gasteiger partial charge >= 0.3 is 6.09 Å². The van der Waals surface area contributed by atoms with Gasteiger partial charge in [0.1, 0.15) is 11.4 Å². The van der Waals surface area contributed by atoms with Gasteiger partial charge in [-0.2, -0.15) is 0 Å². The van der Waals surface area contributed by atoms with Crippen LogP contribution in [0, 0.1) is 5.82 Å². The zero-order valence-corrected chi connectivity index (χ0v) is 10.5. The fourth-order valence-electron chi connectivity index (χ4n) is 1.24. The Labute approximate surface area is 100 Å². The van der Waals surface area contributed by atoms with Crippen LogP contribution in [0.2, 0.25) is 0 Å². The number of carbonyl (C=O) groups excluding carboxylic acids is 1. The van der Waals surface area contributed by atoms with Gasteiger partial charge in [-0.05, 0) is 39.0 Å². The van der Waals surface area contributed by atoms with Gasteiger partial charge in [0.15, 0.2) is 0 Å². The highest BCUT2D eigenvalue weighted by Gasteiger charge is 2.21. The van der Waals surface area contributed by atoms with E-state index in [9.17, 15) is 9.18 Å². The van der Waals surface area contributed by atoms with Crippen molar-refractivity contribution in [3.63, 3.8) is 0 Å². The predicted octanol–water partition coefficient (Wildman–Crippen LogP) is 2.78. The average Bonchev–Trinajstić information content (AvgIpc) is 2.18. The lowest BCUT2D eigenvalue weighted by Gasteiger charge is -2.25. The van der Waals surface area contributed by atoms with E-state index in [2.05, 4.69) is 0 Å². The summed E-state index contributed by atoms with van der Waals surface area (Å²) in [5.41, 5.74) is 5.68. The normalized spacial score (nSPS) is 11.1. The smallest absolute Gasteiger partial charge is 0.414 e. The summed E-state index contributed by atoms with van der Waals surface area (Å²) >= 11 is 0. The monoisotopic (exact) mass is 240 g/mol. The molecule has 0 heterocycles. The second kappa shape index (κ2) is 4.61. The Morgan fingerprint density at radius 3 is 2.53 bits per heavy atom. The Bertz CT molecular complexity index is 427. The zero-order chi connectivity index (χ0) is 13.2. The van der Waals surface area contributed by atoms with Crippen LogP contribution in [0.4, 0.5) is 20.6 Å². The number of nitrogens with two attached hydrogens (primary N) is 1. The number of amides is 1. The third kappa shape index (κ3) is 3.62. The van der Waals surface area contributed by atoms with Gasteiger partial charge in [0.05, 0.1) is 11.4 Å². The number of anilines is 2. The van der Waals surface area contributed by atoms with Crippen molar-refractivity contribution in [2.45, 2.75) is 26.4 Å². The van der Waals surface area contributed by atoms with Gasteiger partial charge in [-0.1, -0.05) is 0 Å². The van der Waals surface area contributed by atoms with Crippen molar-refractivity contribution in [3.8, 4) is 0 Å². The maximum atomic E-state index is 13.1. The Hall–Kier alpha value is -1.78. The topological polar surface area (TPSA) is 55.6 Å². The number of rotatable bonds is 1. The molecule has 94 valence electrons. The van der Waals surface area contributed by atoms with E-state index in [1.54, 1.807) is 20.8 Å². The third-order valence-electron chi connectivity index (χ3n) is 2.02. The third-order valence-corrected chi connectivity index (χ3v) is 2.02. The molecule has 0 aliphatic carbocycles. The van der Waals surface area contributed by atoms with Crippen LogP contribution in [0.3, 0.4) is 0 Å². The molecule has 0 unspecified atom stereocenters. The Morgan fingerprint density at radius 2 is 2.00 bits per heavy atom. The largest absolute Gasteiger partial charge is 0.443 e. The molecular formula is C12H17FN2O2. The summed E-state index contributed by atoms with van der Waals surface area (Å²) in [7, 11) is 1.49. The highest BCUT2D eigenvalue weighted by Crippen LogP contribution is 2.24. The highest BCUT2D eigenvalue weighted by molar-refractivity contribution is 5.91. The number of nitrogen functional groups attached to an aromatic ring is 1. The average molecular weight is 240 g/mol. The predicted molar refractivity (Wildman–Crippen MR) is 65.4 cm³/mol. The number of halogens is 1. The van der Waals surface area contributed by atoms with Crippen molar-refractivity contribution in [3.05, 3.63) is 24.0 Å². The molecule has 0 atom stereocenters. The van der Waals surface area contributed by atoms with E-state index in [1.165, 1.54) is 30.1 Å². The van der Waals surface area contributed by atoms with E-state index in [4.69, 9.17) is 10.5 Å². The lowest BCUT2D eigenvalue weighted by molar-refractivity contribution is 0.0589. The molecular weight excluding hydrogens is 223 g/mol. The van der Waals surface area contributed by atoms with Crippen LogP contribution >= 0.6 is 0 Å². The quantitative estimate of drug-likeness (QED) is 0.768. The first-order valence-electron chi connectivity index (χ1n) is 5.22. The Morgan fingerprint density at radius 1 is 1.41 bits per heavy atom. The van der Waals surface area contributed by atoms with Crippen molar-refractivity contribution in [2.75, 3.05) is 17.7 Å². The fraction of sp³-hybridized carbons (Fsp3) is 0.417. The molecule has 1 aromatic rings. The molecule has 5 heteroatoms. The van der Waals surface area contributed by atoms with Gasteiger partial charge in [-0.25, -0.2) is 9.18 Å². The first-order chi connectivity index (χ1) is 7.70. The minimum Gasteiger partial charge on any atom is -0.443 e. The highest BCUT2D eigenvalue weighted by atomic mass is 19.1. The number of benzene rings is 1. The number of nitrogens with zero attached hydrogens (tertiary/aromatic N) is 1. The first kappa shape index (κ1) is 13.3. The van der Waals surface area contributed by atoms with Gasteiger partial charge in [0, 0.05) is 7.05 Å². The van der Waals surface area contributed by atoms with Crippen LogP contribution < -0.4 is 10.6 Å². The van der Waals surface area contributed by atoms with E-state index < -0.39 is 17.5 Å². The summed E-state index contributed by atoms with van der Waals surface area (Å²) in [6.07, 6.45) is -0.574. The zero-order valence-electron chi connectivity index (χ0n) is 10.5. The maximum absolute atomic E-state index is 13.1. The van der Waals surface area contributed by atoms with Gasteiger partial charge in [0.25, 0.3) is 0 Å². The molecule has 0 saturated heterocycles. The summed E-state index contributed by atoms with van der Waals surface area (Å²) in [6, 6.07) is 3.84. The molecule has 0 aromatic heterocycles. The number of hydrogen-bond donors (Lipinski definition) is 1. The maximum Gasteiger partial charge on any atom is 0.414 e. The molecule has 4 nitrogen and oxygen atoms in total. The van der Waals surface area contributed by atoms with Gasteiger partial charge in [-0.15, -0.1) is 0 Å². The number of carbonyl (C=O) groups is 1. The molecule has 1 aromatic carbocycles. The molecule has 1 rings (SSSR count). The van der Waals surface area contributed by atoms with Crippen molar-refractivity contribution in [1.29, 1.82) is 0 Å². The van der Waals surface area contributed by atoms with Crippen LogP contribution in [0.5, 0.6) is 0 Å². The Kier molecular flexibility index (Phi) is 3.60. The molecule has 0 aliphatic heterocycles. The van der Waals surface area contributed by atoms with Gasteiger partial charge < -0.3 is 10.5 Å². The fourth-order valence-corrected chi connectivity index (χ4v) is 1.24. The number of ether oxygens (including phenoxy) is 1. The van der Waals surface area contributed by atoms with Crippen molar-refractivity contribution < 1.29 is 13.9 Å². The van der Waals surface area contributed by atoms with Crippen molar-refractivity contribution in [1.82, 2.24) is 0 Å². The van der Waals surface area contributed by atoms with Crippen molar-refractivity contribution >= 4 is 17.5 Å². The molecule has 1 amide bonds. The van der Waals surface area contributed by atoms with E-state index >= 15 is 0 Å². The SMILES string of the molecule is CN(C(=O)OC(C)(C)C)c1cc(F)ccc1N.